The molecule has 0 aliphatic carbocycles. The number of aryl methyl sites for hydroxylation is 1. The first kappa shape index (κ1) is 15.5. The predicted molar refractivity (Wildman–Crippen MR) is 77.5 cm³/mol. The molecular weight excluding hydrogens is 273 g/mol. The number of hydrogen-bond donors (Lipinski definition) is 0. The number of halogens is 1. The van der Waals surface area contributed by atoms with Crippen molar-refractivity contribution in [2.24, 2.45) is 0 Å². The van der Waals surface area contributed by atoms with Crippen molar-refractivity contribution in [1.82, 2.24) is 0 Å². The fourth-order valence-electron chi connectivity index (χ4n) is 2.40. The Kier molecular flexibility index (Phi) is 4.03. The number of fused-ring (bicyclic) bond motifs is 1. The Labute approximate surface area is 123 Å². The maximum absolute atomic E-state index is 13.3. The van der Waals surface area contributed by atoms with Gasteiger partial charge in [-0.2, -0.15) is 0 Å². The van der Waals surface area contributed by atoms with Crippen molar-refractivity contribution < 1.29 is 18.7 Å². The van der Waals surface area contributed by atoms with Gasteiger partial charge in [0.15, 0.2) is 0 Å². The van der Waals surface area contributed by atoms with Gasteiger partial charge in [0.1, 0.15) is 17.5 Å². The fraction of sp³-hybridized carbons (Fsp3) is 0.500. The molecule has 0 bridgehead atoms. The molecular formula is C16H20FNO3. The summed E-state index contributed by atoms with van der Waals surface area (Å²) < 4.78 is 18.6. The van der Waals surface area contributed by atoms with Crippen molar-refractivity contribution in [2.45, 2.75) is 52.2 Å². The highest BCUT2D eigenvalue weighted by atomic mass is 19.1. The second kappa shape index (κ2) is 5.47. The maximum Gasteiger partial charge on any atom is 0.329 e. The molecule has 1 unspecified atom stereocenters. The lowest BCUT2D eigenvalue weighted by molar-refractivity contribution is -0.156. The number of amides is 1. The van der Waals surface area contributed by atoms with E-state index in [1.165, 1.54) is 17.0 Å². The van der Waals surface area contributed by atoms with Crippen LogP contribution < -0.4 is 4.90 Å². The van der Waals surface area contributed by atoms with Gasteiger partial charge in [0.25, 0.3) is 0 Å². The van der Waals surface area contributed by atoms with Crippen LogP contribution in [0.5, 0.6) is 0 Å². The van der Waals surface area contributed by atoms with Crippen LogP contribution in [0, 0.1) is 5.82 Å². The minimum absolute atomic E-state index is 0.146. The molecule has 1 amide bonds. The van der Waals surface area contributed by atoms with Crippen LogP contribution in [0.15, 0.2) is 18.2 Å². The summed E-state index contributed by atoms with van der Waals surface area (Å²) >= 11 is 0. The molecule has 2 rings (SSSR count). The average molecular weight is 293 g/mol. The summed E-state index contributed by atoms with van der Waals surface area (Å²) in [5.41, 5.74) is 0.714. The van der Waals surface area contributed by atoms with Gasteiger partial charge in [-0.1, -0.05) is 0 Å². The maximum atomic E-state index is 13.3. The van der Waals surface area contributed by atoms with Crippen molar-refractivity contribution in [3.8, 4) is 0 Å². The highest BCUT2D eigenvalue weighted by Crippen LogP contribution is 2.30. The Balaban J connectivity index is 2.31. The zero-order valence-electron chi connectivity index (χ0n) is 12.8. The Morgan fingerprint density at radius 1 is 1.33 bits per heavy atom. The number of anilines is 1. The normalized spacial score (nSPS) is 16.4. The molecule has 1 aliphatic heterocycles. The third-order valence-electron chi connectivity index (χ3n) is 3.31. The second-order valence-electron chi connectivity index (χ2n) is 6.25. The number of esters is 1. The van der Waals surface area contributed by atoms with Gasteiger partial charge < -0.3 is 4.74 Å². The van der Waals surface area contributed by atoms with Gasteiger partial charge >= 0.3 is 5.97 Å². The van der Waals surface area contributed by atoms with E-state index >= 15 is 0 Å². The zero-order chi connectivity index (χ0) is 15.8. The van der Waals surface area contributed by atoms with E-state index in [-0.39, 0.29) is 18.1 Å². The Hall–Kier alpha value is -1.91. The summed E-state index contributed by atoms with van der Waals surface area (Å²) in [6.45, 7) is 6.96. The fourth-order valence-corrected chi connectivity index (χ4v) is 2.40. The largest absolute Gasteiger partial charge is 0.458 e. The highest BCUT2D eigenvalue weighted by molar-refractivity contribution is 6.01. The quantitative estimate of drug-likeness (QED) is 0.788. The van der Waals surface area contributed by atoms with E-state index in [1.807, 2.05) is 0 Å². The number of carbonyl (C=O) groups excluding carboxylic acids is 2. The molecule has 1 aromatic rings. The van der Waals surface area contributed by atoms with Gasteiger partial charge in [0, 0.05) is 12.1 Å². The summed E-state index contributed by atoms with van der Waals surface area (Å²) in [6, 6.07) is 3.52. The third kappa shape index (κ3) is 3.40. The number of nitrogens with zero attached hydrogens (tertiary/aromatic N) is 1. The van der Waals surface area contributed by atoms with Crippen molar-refractivity contribution in [3.05, 3.63) is 29.6 Å². The molecule has 0 saturated carbocycles. The standard InChI is InChI=1S/C16H20FNO3/c1-10(15(20)21-16(2,3)4)18-13-7-6-12(17)9-11(13)5-8-14(18)19/h6-7,9-10H,5,8H2,1-4H3. The monoisotopic (exact) mass is 293 g/mol. The summed E-state index contributed by atoms with van der Waals surface area (Å²) in [5, 5.41) is 0. The van der Waals surface area contributed by atoms with E-state index in [1.54, 1.807) is 33.8 Å². The first-order valence-electron chi connectivity index (χ1n) is 7.02. The molecule has 1 aliphatic rings. The molecule has 0 saturated heterocycles. The third-order valence-corrected chi connectivity index (χ3v) is 3.31. The SMILES string of the molecule is CC(C(=O)OC(C)(C)C)N1C(=O)CCc2cc(F)ccc21. The van der Waals surface area contributed by atoms with Gasteiger partial charge in [0.2, 0.25) is 5.91 Å². The van der Waals surface area contributed by atoms with Crippen LogP contribution >= 0.6 is 0 Å². The van der Waals surface area contributed by atoms with E-state index in [2.05, 4.69) is 0 Å². The van der Waals surface area contributed by atoms with Crippen LogP contribution in [-0.4, -0.2) is 23.5 Å². The van der Waals surface area contributed by atoms with E-state index < -0.39 is 17.6 Å². The molecule has 4 nitrogen and oxygen atoms in total. The first-order chi connectivity index (χ1) is 9.69. The van der Waals surface area contributed by atoms with Gasteiger partial charge in [-0.05, 0) is 57.9 Å². The summed E-state index contributed by atoms with van der Waals surface area (Å²) in [4.78, 5) is 25.8. The lowest BCUT2D eigenvalue weighted by atomic mass is 9.99. The van der Waals surface area contributed by atoms with Crippen LogP contribution in [-0.2, 0) is 20.7 Å². The predicted octanol–water partition coefficient (Wildman–Crippen LogP) is 2.84. The molecule has 0 radical (unpaired) electrons. The van der Waals surface area contributed by atoms with Gasteiger partial charge in [-0.25, -0.2) is 9.18 Å². The summed E-state index contributed by atoms with van der Waals surface area (Å²) in [6.07, 6.45) is 0.757. The van der Waals surface area contributed by atoms with Crippen LogP contribution in [0.2, 0.25) is 0 Å². The van der Waals surface area contributed by atoms with Crippen molar-refractivity contribution in [2.75, 3.05) is 4.90 Å². The smallest absolute Gasteiger partial charge is 0.329 e. The van der Waals surface area contributed by atoms with Crippen molar-refractivity contribution >= 4 is 17.6 Å². The lowest BCUT2D eigenvalue weighted by Crippen LogP contribution is -2.48. The minimum Gasteiger partial charge on any atom is -0.458 e. The number of hydrogen-bond acceptors (Lipinski definition) is 3. The van der Waals surface area contributed by atoms with Crippen LogP contribution in [0.3, 0.4) is 0 Å². The molecule has 21 heavy (non-hydrogen) atoms. The Bertz CT molecular complexity index is 577. The van der Waals surface area contributed by atoms with Crippen molar-refractivity contribution in [3.63, 3.8) is 0 Å². The average Bonchev–Trinajstić information content (AvgIpc) is 2.36. The zero-order valence-corrected chi connectivity index (χ0v) is 12.8. The molecule has 114 valence electrons. The molecule has 1 heterocycles. The van der Waals surface area contributed by atoms with E-state index in [0.29, 0.717) is 12.1 Å². The molecule has 0 fully saturated rings. The molecule has 0 N–H and O–H groups in total. The number of benzene rings is 1. The molecule has 1 atom stereocenters. The van der Waals surface area contributed by atoms with Gasteiger partial charge in [-0.15, -0.1) is 0 Å². The molecule has 5 heteroatoms. The van der Waals surface area contributed by atoms with Crippen LogP contribution in [0.25, 0.3) is 0 Å². The van der Waals surface area contributed by atoms with Crippen molar-refractivity contribution in [1.29, 1.82) is 0 Å². The number of ether oxygens (including phenoxy) is 1. The lowest BCUT2D eigenvalue weighted by Gasteiger charge is -2.34. The molecule has 0 spiro atoms. The first-order valence-corrected chi connectivity index (χ1v) is 7.02. The van der Waals surface area contributed by atoms with E-state index in [4.69, 9.17) is 4.74 Å². The highest BCUT2D eigenvalue weighted by Gasteiger charge is 2.34. The van der Waals surface area contributed by atoms with Gasteiger partial charge in [-0.3, -0.25) is 9.69 Å². The Morgan fingerprint density at radius 2 is 2.00 bits per heavy atom. The van der Waals surface area contributed by atoms with Crippen LogP contribution in [0.4, 0.5) is 10.1 Å². The van der Waals surface area contributed by atoms with E-state index in [0.717, 1.165) is 5.56 Å². The summed E-state index contributed by atoms with van der Waals surface area (Å²) in [7, 11) is 0. The second-order valence-corrected chi connectivity index (χ2v) is 6.25. The van der Waals surface area contributed by atoms with E-state index in [9.17, 15) is 14.0 Å². The summed E-state index contributed by atoms with van der Waals surface area (Å²) in [5.74, 6) is -0.950. The van der Waals surface area contributed by atoms with Gasteiger partial charge in [0.05, 0.1) is 0 Å². The molecule has 1 aromatic carbocycles. The van der Waals surface area contributed by atoms with Crippen LogP contribution in [0.1, 0.15) is 39.7 Å². The number of rotatable bonds is 2. The Morgan fingerprint density at radius 3 is 2.62 bits per heavy atom. The topological polar surface area (TPSA) is 46.6 Å². The molecule has 0 aromatic heterocycles. The minimum atomic E-state index is -0.735. The number of carbonyl (C=O) groups is 2.